The molecule has 4 atom stereocenters. The summed E-state index contributed by atoms with van der Waals surface area (Å²) >= 11 is 3.94. The lowest BCUT2D eigenvalue weighted by Gasteiger charge is -2.29. The third-order valence-corrected chi connectivity index (χ3v) is 7.30. The summed E-state index contributed by atoms with van der Waals surface area (Å²) in [5, 5.41) is 0. The van der Waals surface area contributed by atoms with Crippen molar-refractivity contribution in [2.45, 2.75) is 46.0 Å². The number of hydrogen-bond donors (Lipinski definition) is 0. The summed E-state index contributed by atoms with van der Waals surface area (Å²) in [7, 11) is 0. The molecular weight excluding hydrogens is 292 g/mol. The van der Waals surface area contributed by atoms with E-state index in [1.807, 2.05) is 22.7 Å². The Morgan fingerprint density at radius 3 is 1.52 bits per heavy atom. The molecule has 2 aromatic rings. The van der Waals surface area contributed by atoms with Gasteiger partial charge in [0.1, 0.15) is 0 Å². The van der Waals surface area contributed by atoms with Crippen molar-refractivity contribution in [1.29, 1.82) is 0 Å². The minimum Gasteiger partial charge on any atom is -0.146 e. The Morgan fingerprint density at radius 1 is 0.762 bits per heavy atom. The normalized spacial score (nSPS) is 30.5. The van der Waals surface area contributed by atoms with Crippen molar-refractivity contribution in [2.24, 2.45) is 11.8 Å². The predicted octanol–water partition coefficient (Wildman–Crippen LogP) is 6.12. The molecule has 110 valence electrons. The average Bonchev–Trinajstić information content (AvgIpc) is 3.13. The van der Waals surface area contributed by atoms with Gasteiger partial charge in [-0.25, -0.2) is 0 Å². The number of aryl methyl sites for hydroxylation is 4. The fourth-order valence-corrected chi connectivity index (χ4v) is 6.60. The quantitative estimate of drug-likeness (QED) is 0.586. The van der Waals surface area contributed by atoms with Gasteiger partial charge in [0.25, 0.3) is 0 Å². The highest BCUT2D eigenvalue weighted by molar-refractivity contribution is 7.12. The van der Waals surface area contributed by atoms with Crippen LogP contribution in [0.25, 0.3) is 0 Å². The first kappa shape index (κ1) is 13.8. The van der Waals surface area contributed by atoms with E-state index in [-0.39, 0.29) is 0 Å². The van der Waals surface area contributed by atoms with Crippen LogP contribution >= 0.6 is 22.7 Å². The molecule has 21 heavy (non-hydrogen) atoms. The van der Waals surface area contributed by atoms with Crippen LogP contribution in [0.4, 0.5) is 0 Å². The molecule has 2 heterocycles. The van der Waals surface area contributed by atoms with Gasteiger partial charge in [-0.15, -0.1) is 22.7 Å². The largest absolute Gasteiger partial charge is 0.146 e. The summed E-state index contributed by atoms with van der Waals surface area (Å²) in [5.74, 6) is 2.93. The summed E-state index contributed by atoms with van der Waals surface area (Å²) in [5.41, 5.74) is 3.25. The highest BCUT2D eigenvalue weighted by Crippen LogP contribution is 2.59. The summed E-state index contributed by atoms with van der Waals surface area (Å²) in [4.78, 5) is 6.00. The molecule has 2 aliphatic rings. The van der Waals surface area contributed by atoms with E-state index < -0.39 is 0 Å². The topological polar surface area (TPSA) is 0 Å². The van der Waals surface area contributed by atoms with E-state index in [2.05, 4.69) is 52.0 Å². The number of rotatable bonds is 2. The first-order chi connectivity index (χ1) is 10.0. The van der Waals surface area contributed by atoms with Crippen molar-refractivity contribution < 1.29 is 0 Å². The van der Waals surface area contributed by atoms with E-state index in [0.717, 1.165) is 11.8 Å². The lowest BCUT2D eigenvalue weighted by molar-refractivity contribution is 0.508. The molecule has 2 aliphatic carbocycles. The second-order valence-electron chi connectivity index (χ2n) is 6.74. The SMILES string of the molecule is Cc1cc(C2C3C=CC(C3)C2c2cc(C)sc2C)c(C)s1. The van der Waals surface area contributed by atoms with Crippen LogP contribution in [0.5, 0.6) is 0 Å². The summed E-state index contributed by atoms with van der Waals surface area (Å²) < 4.78 is 0. The molecular formula is C19H22S2. The molecule has 4 unspecified atom stereocenters. The van der Waals surface area contributed by atoms with E-state index in [1.165, 1.54) is 25.9 Å². The number of hydrogen-bond acceptors (Lipinski definition) is 2. The second-order valence-corrected chi connectivity index (χ2v) is 9.66. The minimum atomic E-state index is 0.706. The van der Waals surface area contributed by atoms with Gasteiger partial charge in [-0.05, 0) is 81.0 Å². The fraction of sp³-hybridized carbons (Fsp3) is 0.474. The first-order valence-corrected chi connectivity index (χ1v) is 9.50. The molecule has 0 amide bonds. The second kappa shape index (κ2) is 4.82. The van der Waals surface area contributed by atoms with Crippen LogP contribution in [0, 0.1) is 39.5 Å². The van der Waals surface area contributed by atoms with Crippen molar-refractivity contribution in [3.63, 3.8) is 0 Å². The van der Waals surface area contributed by atoms with Crippen LogP contribution in [-0.2, 0) is 0 Å². The van der Waals surface area contributed by atoms with Crippen LogP contribution in [0.15, 0.2) is 24.3 Å². The van der Waals surface area contributed by atoms with Gasteiger partial charge in [0.2, 0.25) is 0 Å². The Morgan fingerprint density at radius 2 is 1.19 bits per heavy atom. The fourth-order valence-electron chi connectivity index (χ4n) is 4.63. The molecule has 4 rings (SSSR count). The lowest BCUT2D eigenvalue weighted by atomic mass is 9.75. The molecule has 2 aromatic heterocycles. The molecule has 0 nitrogen and oxygen atoms in total. The summed E-state index contributed by atoms with van der Waals surface area (Å²) in [6, 6.07) is 4.92. The van der Waals surface area contributed by atoms with Gasteiger partial charge in [-0.1, -0.05) is 12.2 Å². The van der Waals surface area contributed by atoms with Crippen LogP contribution in [0.3, 0.4) is 0 Å². The molecule has 2 bridgehead atoms. The molecule has 0 aliphatic heterocycles. The third kappa shape index (κ3) is 2.07. The zero-order chi connectivity index (χ0) is 14.7. The highest BCUT2D eigenvalue weighted by Gasteiger charge is 2.47. The maximum Gasteiger partial charge on any atom is 0.00523 e. The van der Waals surface area contributed by atoms with Crippen LogP contribution in [0.1, 0.15) is 48.9 Å². The maximum absolute atomic E-state index is 2.49. The van der Waals surface area contributed by atoms with Crippen LogP contribution in [-0.4, -0.2) is 0 Å². The van der Waals surface area contributed by atoms with Gasteiger partial charge < -0.3 is 0 Å². The van der Waals surface area contributed by atoms with E-state index >= 15 is 0 Å². The standard InChI is InChI=1S/C19H22S2/c1-10-7-16(12(3)20-10)18-14-5-6-15(9-14)19(18)17-8-11(2)21-13(17)4/h5-8,14-15,18-19H,9H2,1-4H3. The average molecular weight is 315 g/mol. The van der Waals surface area contributed by atoms with E-state index in [9.17, 15) is 0 Å². The van der Waals surface area contributed by atoms with Crippen molar-refractivity contribution in [1.82, 2.24) is 0 Å². The molecule has 0 saturated heterocycles. The number of fused-ring (bicyclic) bond motifs is 2. The zero-order valence-corrected chi connectivity index (χ0v) is 14.8. The molecule has 0 N–H and O–H groups in total. The Labute approximate surface area is 135 Å². The zero-order valence-electron chi connectivity index (χ0n) is 13.1. The smallest absolute Gasteiger partial charge is 0.00523 e. The van der Waals surface area contributed by atoms with E-state index in [4.69, 9.17) is 0 Å². The maximum atomic E-state index is 2.49. The molecule has 0 spiro atoms. The van der Waals surface area contributed by atoms with Crippen LogP contribution in [0.2, 0.25) is 0 Å². The van der Waals surface area contributed by atoms with Crippen LogP contribution < -0.4 is 0 Å². The molecule has 1 saturated carbocycles. The Hall–Kier alpha value is -0.860. The van der Waals surface area contributed by atoms with Gasteiger partial charge in [-0.2, -0.15) is 0 Å². The highest BCUT2D eigenvalue weighted by atomic mass is 32.1. The van der Waals surface area contributed by atoms with Gasteiger partial charge in [0.15, 0.2) is 0 Å². The van der Waals surface area contributed by atoms with E-state index in [1.54, 1.807) is 11.1 Å². The molecule has 0 radical (unpaired) electrons. The van der Waals surface area contributed by atoms with Crippen molar-refractivity contribution in [3.8, 4) is 0 Å². The molecule has 2 heteroatoms. The monoisotopic (exact) mass is 314 g/mol. The van der Waals surface area contributed by atoms with Crippen molar-refractivity contribution >= 4 is 22.7 Å². The van der Waals surface area contributed by atoms with Gasteiger partial charge in [-0.3, -0.25) is 0 Å². The lowest BCUT2D eigenvalue weighted by Crippen LogP contribution is -2.16. The minimum absolute atomic E-state index is 0.706. The molecule has 0 aromatic carbocycles. The Bertz CT molecular complexity index is 656. The van der Waals surface area contributed by atoms with Gasteiger partial charge in [0.05, 0.1) is 0 Å². The van der Waals surface area contributed by atoms with Crippen molar-refractivity contribution in [2.75, 3.05) is 0 Å². The predicted molar refractivity (Wildman–Crippen MR) is 93.8 cm³/mol. The van der Waals surface area contributed by atoms with Crippen molar-refractivity contribution in [3.05, 3.63) is 54.9 Å². The Balaban J connectivity index is 1.83. The first-order valence-electron chi connectivity index (χ1n) is 7.87. The third-order valence-electron chi connectivity index (χ3n) is 5.34. The Kier molecular flexibility index (Phi) is 3.16. The summed E-state index contributed by atoms with van der Waals surface area (Å²) in [6.45, 7) is 9.12. The number of allylic oxidation sites excluding steroid dienone is 2. The summed E-state index contributed by atoms with van der Waals surface area (Å²) in [6.07, 6.45) is 6.34. The molecule has 1 fully saturated rings. The van der Waals surface area contributed by atoms with Gasteiger partial charge in [0, 0.05) is 19.5 Å². The van der Waals surface area contributed by atoms with E-state index in [0.29, 0.717) is 11.8 Å². The van der Waals surface area contributed by atoms with Gasteiger partial charge >= 0.3 is 0 Å². The number of thiophene rings is 2.